The first-order chi connectivity index (χ1) is 13.6. The Morgan fingerprint density at radius 1 is 1.29 bits per heavy atom. The molecule has 2 aromatic rings. The summed E-state index contributed by atoms with van der Waals surface area (Å²) in [7, 11) is 1.81. The van der Waals surface area contributed by atoms with Gasteiger partial charge in [-0.05, 0) is 24.3 Å². The zero-order valence-corrected chi connectivity index (χ0v) is 17.1. The van der Waals surface area contributed by atoms with Crippen LogP contribution in [-0.2, 0) is 13.0 Å². The second-order valence-corrected chi connectivity index (χ2v) is 7.07. The number of halogens is 2. The summed E-state index contributed by atoms with van der Waals surface area (Å²) < 4.78 is 0. The number of anilines is 1. The molecule has 0 radical (unpaired) electrons. The third kappa shape index (κ3) is 4.92. The first kappa shape index (κ1) is 20.4. The van der Waals surface area contributed by atoms with Crippen LogP contribution in [0.25, 0.3) is 11.4 Å². The molecule has 148 valence electrons. The summed E-state index contributed by atoms with van der Waals surface area (Å²) >= 11 is 12.4. The van der Waals surface area contributed by atoms with Crippen LogP contribution in [-0.4, -0.2) is 42.9 Å². The Morgan fingerprint density at radius 3 is 2.89 bits per heavy atom. The molecule has 0 atom stereocenters. The van der Waals surface area contributed by atoms with Crippen LogP contribution >= 0.6 is 23.2 Å². The van der Waals surface area contributed by atoms with Crippen molar-refractivity contribution in [3.8, 4) is 11.4 Å². The van der Waals surface area contributed by atoms with E-state index >= 15 is 0 Å². The minimum atomic E-state index is 0.532. The van der Waals surface area contributed by atoms with Gasteiger partial charge in [0.25, 0.3) is 0 Å². The van der Waals surface area contributed by atoms with Gasteiger partial charge in [0, 0.05) is 62.0 Å². The standard InChI is InChI=1S/C19H23Cl2N7/c1-23-17(4-6-22)25-8-9-26-18-14-11-24-7-5-16(14)27-19(28-18)13-3-2-12(20)10-15(13)21/h2-4,6,10,22-25H,5,7-9,11H2,1H3,(H,26,27,28)/b17-4+,22-6?. The Hall–Kier alpha value is -2.35. The highest BCUT2D eigenvalue weighted by Crippen LogP contribution is 2.31. The number of benzene rings is 1. The van der Waals surface area contributed by atoms with Gasteiger partial charge in [0.2, 0.25) is 0 Å². The number of nitrogens with one attached hydrogen (secondary N) is 5. The minimum Gasteiger partial charge on any atom is -0.375 e. The monoisotopic (exact) mass is 419 g/mol. The Morgan fingerprint density at radius 2 is 2.14 bits per heavy atom. The predicted octanol–water partition coefficient (Wildman–Crippen LogP) is 2.81. The molecule has 1 aliphatic heterocycles. The van der Waals surface area contributed by atoms with Crippen LogP contribution in [0.5, 0.6) is 0 Å². The van der Waals surface area contributed by atoms with Crippen molar-refractivity contribution in [2.75, 3.05) is 32.0 Å². The molecule has 28 heavy (non-hydrogen) atoms. The molecule has 5 N–H and O–H groups in total. The first-order valence-electron chi connectivity index (χ1n) is 9.04. The van der Waals surface area contributed by atoms with E-state index < -0.39 is 0 Å². The summed E-state index contributed by atoms with van der Waals surface area (Å²) in [5, 5.41) is 21.3. The lowest BCUT2D eigenvalue weighted by Crippen LogP contribution is -2.30. The molecule has 1 aromatic heterocycles. The highest BCUT2D eigenvalue weighted by Gasteiger charge is 2.19. The molecule has 1 aliphatic rings. The molecule has 0 unspecified atom stereocenters. The van der Waals surface area contributed by atoms with Crippen molar-refractivity contribution >= 4 is 35.2 Å². The number of aromatic nitrogens is 2. The van der Waals surface area contributed by atoms with Gasteiger partial charge in [0.1, 0.15) is 5.82 Å². The molecule has 0 saturated heterocycles. The van der Waals surface area contributed by atoms with Gasteiger partial charge >= 0.3 is 0 Å². The lowest BCUT2D eigenvalue weighted by atomic mass is 10.1. The van der Waals surface area contributed by atoms with E-state index in [1.54, 1.807) is 18.2 Å². The maximum Gasteiger partial charge on any atom is 0.163 e. The highest BCUT2D eigenvalue weighted by molar-refractivity contribution is 6.36. The zero-order valence-electron chi connectivity index (χ0n) is 15.6. The minimum absolute atomic E-state index is 0.532. The molecule has 0 spiro atoms. The number of rotatable bonds is 8. The summed E-state index contributed by atoms with van der Waals surface area (Å²) in [4.78, 5) is 9.49. The number of hydrogen-bond acceptors (Lipinski definition) is 7. The van der Waals surface area contributed by atoms with Crippen molar-refractivity contribution in [2.45, 2.75) is 13.0 Å². The van der Waals surface area contributed by atoms with Crippen LogP contribution in [0.3, 0.4) is 0 Å². The summed E-state index contributed by atoms with van der Waals surface area (Å²) in [5.74, 6) is 2.19. The van der Waals surface area contributed by atoms with E-state index in [9.17, 15) is 0 Å². The van der Waals surface area contributed by atoms with Crippen molar-refractivity contribution in [2.24, 2.45) is 0 Å². The molecule has 0 aliphatic carbocycles. The number of fused-ring (bicyclic) bond motifs is 1. The molecule has 3 rings (SSSR count). The van der Waals surface area contributed by atoms with Crippen molar-refractivity contribution in [3.63, 3.8) is 0 Å². The van der Waals surface area contributed by atoms with Gasteiger partial charge in [-0.1, -0.05) is 23.2 Å². The molecular weight excluding hydrogens is 397 g/mol. The maximum atomic E-state index is 7.15. The Labute approximate surface area is 174 Å². The SMILES string of the molecule is CN/C(=C\C=N)NCCNc1nc(-c2ccc(Cl)cc2Cl)nc2c1CNCC2. The molecule has 0 fully saturated rings. The lowest BCUT2D eigenvalue weighted by Gasteiger charge is -2.21. The van der Waals surface area contributed by atoms with Gasteiger partial charge in [-0.3, -0.25) is 0 Å². The fourth-order valence-electron chi connectivity index (χ4n) is 2.97. The number of allylic oxidation sites excluding steroid dienone is 1. The van der Waals surface area contributed by atoms with E-state index in [2.05, 4.69) is 21.3 Å². The second kappa shape index (κ2) is 9.73. The Kier molecular flexibility index (Phi) is 7.08. The largest absolute Gasteiger partial charge is 0.375 e. The van der Waals surface area contributed by atoms with Crippen LogP contribution in [0, 0.1) is 5.41 Å². The fourth-order valence-corrected chi connectivity index (χ4v) is 3.47. The van der Waals surface area contributed by atoms with Gasteiger partial charge in [-0.2, -0.15) is 0 Å². The maximum absolute atomic E-state index is 7.15. The third-order valence-electron chi connectivity index (χ3n) is 4.36. The fraction of sp³-hybridized carbons (Fsp3) is 0.316. The van der Waals surface area contributed by atoms with Crippen molar-refractivity contribution in [1.29, 1.82) is 5.41 Å². The van der Waals surface area contributed by atoms with Crippen LogP contribution in [0.15, 0.2) is 30.1 Å². The van der Waals surface area contributed by atoms with Crippen LogP contribution in [0.2, 0.25) is 10.0 Å². The van der Waals surface area contributed by atoms with E-state index in [0.717, 1.165) is 48.0 Å². The molecular formula is C19H23Cl2N7. The van der Waals surface area contributed by atoms with Crippen molar-refractivity contribution in [3.05, 3.63) is 51.4 Å². The summed E-state index contributed by atoms with van der Waals surface area (Å²) in [5.41, 5.74) is 2.88. The summed E-state index contributed by atoms with van der Waals surface area (Å²) in [6.45, 7) is 2.95. The highest BCUT2D eigenvalue weighted by atomic mass is 35.5. The number of hydrogen-bond donors (Lipinski definition) is 5. The molecule has 2 heterocycles. The molecule has 1 aromatic carbocycles. The van der Waals surface area contributed by atoms with Crippen LogP contribution < -0.4 is 21.3 Å². The summed E-state index contributed by atoms with van der Waals surface area (Å²) in [6.07, 6.45) is 3.74. The Balaban J connectivity index is 1.81. The van der Waals surface area contributed by atoms with E-state index in [-0.39, 0.29) is 0 Å². The topological polar surface area (TPSA) is 97.8 Å². The van der Waals surface area contributed by atoms with Crippen molar-refractivity contribution in [1.82, 2.24) is 25.9 Å². The van der Waals surface area contributed by atoms with Gasteiger partial charge in [0.15, 0.2) is 5.82 Å². The quantitative estimate of drug-likeness (QED) is 0.333. The molecule has 0 bridgehead atoms. The van der Waals surface area contributed by atoms with Crippen LogP contribution in [0.4, 0.5) is 5.82 Å². The van der Waals surface area contributed by atoms with E-state index in [4.69, 9.17) is 38.6 Å². The number of nitrogens with zero attached hydrogens (tertiary/aromatic N) is 2. The van der Waals surface area contributed by atoms with E-state index in [1.807, 2.05) is 13.1 Å². The molecule has 0 amide bonds. The van der Waals surface area contributed by atoms with Crippen LogP contribution in [0.1, 0.15) is 11.3 Å². The molecule has 9 heteroatoms. The smallest absolute Gasteiger partial charge is 0.163 e. The lowest BCUT2D eigenvalue weighted by molar-refractivity contribution is 0.627. The van der Waals surface area contributed by atoms with E-state index in [0.29, 0.717) is 29.0 Å². The van der Waals surface area contributed by atoms with Gasteiger partial charge < -0.3 is 26.7 Å². The zero-order chi connectivity index (χ0) is 19.9. The average molecular weight is 420 g/mol. The van der Waals surface area contributed by atoms with E-state index in [1.165, 1.54) is 6.21 Å². The second-order valence-electron chi connectivity index (χ2n) is 6.22. The molecule has 0 saturated carbocycles. The normalized spacial score (nSPS) is 13.6. The third-order valence-corrected chi connectivity index (χ3v) is 4.91. The van der Waals surface area contributed by atoms with Gasteiger partial charge in [0.05, 0.1) is 16.5 Å². The first-order valence-corrected chi connectivity index (χ1v) is 9.80. The summed E-state index contributed by atoms with van der Waals surface area (Å²) in [6, 6.07) is 5.34. The Bertz CT molecular complexity index is 883. The average Bonchev–Trinajstić information content (AvgIpc) is 2.70. The van der Waals surface area contributed by atoms with Gasteiger partial charge in [-0.25, -0.2) is 9.97 Å². The predicted molar refractivity (Wildman–Crippen MR) is 115 cm³/mol. The molecule has 7 nitrogen and oxygen atoms in total. The van der Waals surface area contributed by atoms with Crippen molar-refractivity contribution < 1.29 is 0 Å². The van der Waals surface area contributed by atoms with Gasteiger partial charge in [-0.15, -0.1) is 0 Å².